The van der Waals surface area contributed by atoms with Gasteiger partial charge in [-0.05, 0) is 49.4 Å². The van der Waals surface area contributed by atoms with Crippen molar-refractivity contribution in [3.05, 3.63) is 53.1 Å². The van der Waals surface area contributed by atoms with Crippen LogP contribution < -0.4 is 15.2 Å². The molecule has 1 amide bonds. The molecule has 0 aliphatic carbocycles. The number of hydrogen-bond donors (Lipinski definition) is 2. The fourth-order valence-corrected chi connectivity index (χ4v) is 2.78. The highest BCUT2D eigenvalue weighted by Crippen LogP contribution is 2.24. The fourth-order valence-electron chi connectivity index (χ4n) is 2.09. The lowest BCUT2D eigenvalue weighted by molar-refractivity contribution is -0.123. The number of amides is 1. The average Bonchev–Trinajstić information content (AvgIpc) is 2.61. The zero-order valence-electron chi connectivity index (χ0n) is 14.4. The number of benzene rings is 2. The molecule has 1 unspecified atom stereocenters. The number of methoxy groups -OCH3 is 1. The number of halogens is 1. The summed E-state index contributed by atoms with van der Waals surface area (Å²) in [6, 6.07) is 9.67. The van der Waals surface area contributed by atoms with Crippen molar-refractivity contribution in [3.63, 3.8) is 0 Å². The molecule has 1 atom stereocenters. The van der Waals surface area contributed by atoms with Crippen molar-refractivity contribution >= 4 is 39.2 Å². The van der Waals surface area contributed by atoms with Crippen LogP contribution in [-0.2, 0) is 19.6 Å². The van der Waals surface area contributed by atoms with E-state index < -0.39 is 28.0 Å². The van der Waals surface area contributed by atoms with Gasteiger partial charge in [-0.1, -0.05) is 11.6 Å². The quantitative estimate of drug-likeness (QED) is 0.700. The molecule has 8 nitrogen and oxygen atoms in total. The second-order valence-electron chi connectivity index (χ2n) is 5.45. The van der Waals surface area contributed by atoms with Gasteiger partial charge in [-0.25, -0.2) is 18.4 Å². The van der Waals surface area contributed by atoms with Crippen molar-refractivity contribution in [1.29, 1.82) is 0 Å². The van der Waals surface area contributed by atoms with Crippen LogP contribution >= 0.6 is 11.6 Å². The number of primary sulfonamides is 1. The molecule has 0 aliphatic rings. The van der Waals surface area contributed by atoms with E-state index in [4.69, 9.17) is 26.2 Å². The number of esters is 1. The highest BCUT2D eigenvalue weighted by atomic mass is 35.5. The normalized spacial score (nSPS) is 12.1. The largest absolute Gasteiger partial charge is 0.496 e. The van der Waals surface area contributed by atoms with Crippen LogP contribution in [0.2, 0.25) is 5.02 Å². The Bertz CT molecular complexity index is 960. The number of carbonyl (C=O) groups excluding carboxylic acids is 2. The van der Waals surface area contributed by atoms with E-state index in [9.17, 15) is 18.0 Å². The van der Waals surface area contributed by atoms with E-state index in [1.165, 1.54) is 50.4 Å². The topological polar surface area (TPSA) is 125 Å². The molecule has 0 spiro atoms. The number of ether oxygens (including phenoxy) is 2. The summed E-state index contributed by atoms with van der Waals surface area (Å²) in [4.78, 5) is 24.4. The lowest BCUT2D eigenvalue weighted by Crippen LogP contribution is -2.30. The van der Waals surface area contributed by atoms with Crippen LogP contribution in [0, 0.1) is 0 Å². The van der Waals surface area contributed by atoms with Crippen molar-refractivity contribution in [3.8, 4) is 5.75 Å². The molecule has 0 aliphatic heterocycles. The summed E-state index contributed by atoms with van der Waals surface area (Å²) in [7, 11) is -2.44. The number of nitrogens with one attached hydrogen (secondary N) is 1. The molecule has 2 aromatic carbocycles. The Morgan fingerprint density at radius 1 is 1.15 bits per heavy atom. The van der Waals surface area contributed by atoms with Gasteiger partial charge in [0.05, 0.1) is 12.0 Å². The van der Waals surface area contributed by atoms with Gasteiger partial charge in [0.1, 0.15) is 11.3 Å². The van der Waals surface area contributed by atoms with Gasteiger partial charge in [0.25, 0.3) is 5.91 Å². The summed E-state index contributed by atoms with van der Waals surface area (Å²) < 4.78 is 32.7. The minimum atomic E-state index is -3.83. The fraction of sp³-hybridized carbons (Fsp3) is 0.176. The van der Waals surface area contributed by atoms with Gasteiger partial charge in [-0.3, -0.25) is 4.79 Å². The third-order valence-electron chi connectivity index (χ3n) is 3.48. The molecule has 3 N–H and O–H groups in total. The minimum absolute atomic E-state index is 0.0853. The van der Waals surface area contributed by atoms with E-state index in [0.717, 1.165) is 0 Å². The van der Waals surface area contributed by atoms with Crippen LogP contribution in [0.1, 0.15) is 17.3 Å². The van der Waals surface area contributed by atoms with Crippen molar-refractivity contribution in [2.75, 3.05) is 12.4 Å². The van der Waals surface area contributed by atoms with Crippen molar-refractivity contribution in [1.82, 2.24) is 0 Å². The first-order chi connectivity index (χ1) is 12.6. The molecule has 0 saturated carbocycles. The lowest BCUT2D eigenvalue weighted by atomic mass is 10.2. The van der Waals surface area contributed by atoms with Crippen LogP contribution in [0.3, 0.4) is 0 Å². The van der Waals surface area contributed by atoms with Crippen LogP contribution in [0.15, 0.2) is 47.4 Å². The first kappa shape index (κ1) is 20.7. The number of nitrogens with two attached hydrogens (primary N) is 1. The third-order valence-corrected chi connectivity index (χ3v) is 4.65. The van der Waals surface area contributed by atoms with E-state index in [-0.39, 0.29) is 16.2 Å². The second-order valence-corrected chi connectivity index (χ2v) is 7.45. The zero-order chi connectivity index (χ0) is 20.2. The Hall–Kier alpha value is -2.62. The maximum absolute atomic E-state index is 12.3. The van der Waals surface area contributed by atoms with Crippen molar-refractivity contribution in [2.45, 2.75) is 17.9 Å². The van der Waals surface area contributed by atoms with Crippen LogP contribution in [0.5, 0.6) is 5.75 Å². The van der Waals surface area contributed by atoms with Crippen molar-refractivity contribution in [2.24, 2.45) is 5.14 Å². The van der Waals surface area contributed by atoms with E-state index in [0.29, 0.717) is 10.7 Å². The second kappa shape index (κ2) is 8.38. The van der Waals surface area contributed by atoms with E-state index in [1.807, 2.05) is 0 Å². The van der Waals surface area contributed by atoms with Gasteiger partial charge in [0.2, 0.25) is 10.0 Å². The summed E-state index contributed by atoms with van der Waals surface area (Å²) in [5.41, 5.74) is 0.401. The molecule has 10 heteroatoms. The van der Waals surface area contributed by atoms with Crippen LogP contribution in [-0.4, -0.2) is 33.5 Å². The number of carbonyl (C=O) groups is 2. The Morgan fingerprint density at radius 2 is 1.78 bits per heavy atom. The van der Waals surface area contributed by atoms with Gasteiger partial charge in [0.15, 0.2) is 6.10 Å². The molecule has 2 rings (SSSR count). The van der Waals surface area contributed by atoms with E-state index in [2.05, 4.69) is 5.32 Å². The molecule has 0 heterocycles. The summed E-state index contributed by atoms with van der Waals surface area (Å²) >= 11 is 5.87. The van der Waals surface area contributed by atoms with E-state index in [1.54, 1.807) is 6.07 Å². The number of sulfonamides is 1. The lowest BCUT2D eigenvalue weighted by Gasteiger charge is -2.15. The molecule has 0 fully saturated rings. The van der Waals surface area contributed by atoms with Gasteiger partial charge in [0, 0.05) is 10.7 Å². The van der Waals surface area contributed by atoms with Crippen LogP contribution in [0.25, 0.3) is 0 Å². The Morgan fingerprint density at radius 3 is 2.33 bits per heavy atom. The van der Waals surface area contributed by atoms with Gasteiger partial charge >= 0.3 is 5.97 Å². The molecule has 0 radical (unpaired) electrons. The molecule has 0 saturated heterocycles. The van der Waals surface area contributed by atoms with Gasteiger partial charge in [-0.15, -0.1) is 0 Å². The summed E-state index contributed by atoms with van der Waals surface area (Å²) in [5, 5.41) is 7.83. The number of hydrogen-bond acceptors (Lipinski definition) is 6. The first-order valence-electron chi connectivity index (χ1n) is 7.60. The molecule has 0 aromatic heterocycles. The summed E-state index contributed by atoms with van der Waals surface area (Å²) in [5.74, 6) is -1.12. The highest BCUT2D eigenvalue weighted by molar-refractivity contribution is 7.89. The van der Waals surface area contributed by atoms with Crippen LogP contribution in [0.4, 0.5) is 5.69 Å². The van der Waals surface area contributed by atoms with E-state index >= 15 is 0 Å². The average molecular weight is 413 g/mol. The smallest absolute Gasteiger partial charge is 0.342 e. The predicted molar refractivity (Wildman–Crippen MR) is 99.3 cm³/mol. The monoisotopic (exact) mass is 412 g/mol. The molecule has 27 heavy (non-hydrogen) atoms. The standard InChI is InChI=1S/C17H17ClN2O6S/c1-10(26-17(22)14-9-11(18)3-8-15(14)25-2)16(21)20-12-4-6-13(7-5-12)27(19,23)24/h3-10H,1-2H3,(H,20,21)(H2,19,23,24). The van der Waals surface area contributed by atoms with Gasteiger partial charge < -0.3 is 14.8 Å². The number of anilines is 1. The minimum Gasteiger partial charge on any atom is -0.496 e. The molecular weight excluding hydrogens is 396 g/mol. The highest BCUT2D eigenvalue weighted by Gasteiger charge is 2.22. The van der Waals surface area contributed by atoms with Crippen molar-refractivity contribution < 1.29 is 27.5 Å². The molecule has 144 valence electrons. The Kier molecular flexibility index (Phi) is 6.42. The zero-order valence-corrected chi connectivity index (χ0v) is 16.0. The summed E-state index contributed by atoms with van der Waals surface area (Å²) in [6.45, 7) is 1.39. The third kappa shape index (κ3) is 5.43. The number of rotatable bonds is 6. The Labute approximate surface area is 161 Å². The summed E-state index contributed by atoms with van der Waals surface area (Å²) in [6.07, 6.45) is -1.13. The maximum Gasteiger partial charge on any atom is 0.342 e. The predicted octanol–water partition coefficient (Wildman–Crippen LogP) is 2.18. The maximum atomic E-state index is 12.3. The molecular formula is C17H17ClN2O6S. The van der Waals surface area contributed by atoms with Gasteiger partial charge in [-0.2, -0.15) is 0 Å². The Balaban J connectivity index is 2.05. The molecule has 2 aromatic rings. The first-order valence-corrected chi connectivity index (χ1v) is 9.52. The molecule has 0 bridgehead atoms. The SMILES string of the molecule is COc1ccc(Cl)cc1C(=O)OC(C)C(=O)Nc1ccc(S(N)(=O)=O)cc1.